The fourth-order valence-electron chi connectivity index (χ4n) is 7.40. The summed E-state index contributed by atoms with van der Waals surface area (Å²) in [6, 6.07) is 13.8. The molecular weight excluding hydrogens is 672 g/mol. The molecule has 0 spiro atoms. The van der Waals surface area contributed by atoms with E-state index in [2.05, 4.69) is 25.9 Å². The maximum absolute atomic E-state index is 12.0. The maximum atomic E-state index is 12.0. The number of aromatic carboxylic acids is 3. The van der Waals surface area contributed by atoms with Gasteiger partial charge in [0, 0.05) is 44.5 Å². The number of carboxylic acids is 4. The Kier molecular flexibility index (Phi) is 6.68. The van der Waals surface area contributed by atoms with Gasteiger partial charge in [-0.15, -0.1) is 0 Å². The maximum Gasteiger partial charge on any atom is 0.335 e. The molecule has 8 bridgehead atoms. The molecule has 5 unspecified atom stereocenters. The SMILES string of the molecule is O=C(O)C1=CC2C3NC4=NC(N=c5[nH]c(c6cc(C(=O)O)ccc56)=Nc5[nH]c(c6cc(C(=O)O)ccc56)NC(N3)C2C=C1)c1cc(C(=O)O)ccc14. The molecule has 258 valence electrons. The van der Waals surface area contributed by atoms with Crippen molar-refractivity contribution in [1.82, 2.24) is 20.6 Å². The second kappa shape index (κ2) is 11.2. The second-order valence-electron chi connectivity index (χ2n) is 12.9. The summed E-state index contributed by atoms with van der Waals surface area (Å²) >= 11 is 0. The first kappa shape index (κ1) is 30.9. The first-order valence-corrected chi connectivity index (χ1v) is 16.1. The molecule has 1 fully saturated rings. The lowest BCUT2D eigenvalue weighted by atomic mass is 9.85. The van der Waals surface area contributed by atoms with Crippen LogP contribution in [0.15, 0.2) is 93.4 Å². The summed E-state index contributed by atoms with van der Waals surface area (Å²) < 4.78 is 0. The van der Waals surface area contributed by atoms with Gasteiger partial charge in [-0.2, -0.15) is 0 Å². The van der Waals surface area contributed by atoms with E-state index in [-0.39, 0.29) is 33.7 Å². The van der Waals surface area contributed by atoms with Crippen molar-refractivity contribution < 1.29 is 39.6 Å². The third-order valence-corrected chi connectivity index (χ3v) is 9.89. The number of nitrogens with one attached hydrogen (secondary N) is 5. The van der Waals surface area contributed by atoms with Crippen LogP contribution in [-0.4, -0.2) is 72.4 Å². The molecule has 4 aliphatic rings. The Bertz CT molecular complexity index is 2690. The van der Waals surface area contributed by atoms with E-state index < -0.39 is 48.3 Å². The zero-order valence-corrected chi connectivity index (χ0v) is 26.6. The van der Waals surface area contributed by atoms with Crippen LogP contribution in [0.25, 0.3) is 21.5 Å². The number of anilines is 1. The monoisotopic (exact) mass is 698 g/mol. The first-order chi connectivity index (χ1) is 25.0. The van der Waals surface area contributed by atoms with E-state index in [9.17, 15) is 39.6 Å². The van der Waals surface area contributed by atoms with E-state index in [0.29, 0.717) is 55.6 Å². The number of fused-ring (bicyclic) bond motifs is 19. The number of carbonyl (C=O) groups is 4. The Labute approximate surface area is 290 Å². The Balaban J connectivity index is 1.32. The van der Waals surface area contributed by atoms with Gasteiger partial charge in [-0.1, -0.05) is 18.2 Å². The number of amidine groups is 1. The molecule has 9 N–H and O–H groups in total. The van der Waals surface area contributed by atoms with Crippen molar-refractivity contribution >= 4 is 62.9 Å². The van der Waals surface area contributed by atoms with E-state index in [4.69, 9.17) is 15.0 Å². The van der Waals surface area contributed by atoms with Gasteiger partial charge in [-0.05, 0) is 54.6 Å². The first-order valence-electron chi connectivity index (χ1n) is 16.1. The van der Waals surface area contributed by atoms with Crippen LogP contribution in [0.4, 0.5) is 11.6 Å². The summed E-state index contributed by atoms with van der Waals surface area (Å²) in [5, 5.41) is 51.8. The number of hydrogen-bond acceptors (Lipinski definition) is 10. The van der Waals surface area contributed by atoms with Gasteiger partial charge in [-0.25, -0.2) is 34.2 Å². The predicted molar refractivity (Wildman–Crippen MR) is 184 cm³/mol. The van der Waals surface area contributed by atoms with Crippen LogP contribution >= 0.6 is 0 Å². The van der Waals surface area contributed by atoms with Crippen molar-refractivity contribution in [2.24, 2.45) is 26.8 Å². The van der Waals surface area contributed by atoms with E-state index in [1.54, 1.807) is 30.4 Å². The van der Waals surface area contributed by atoms with Gasteiger partial charge in [0.25, 0.3) is 0 Å². The molecule has 5 aromatic rings. The molecule has 5 heterocycles. The van der Waals surface area contributed by atoms with Crippen molar-refractivity contribution in [1.29, 1.82) is 0 Å². The molecule has 1 saturated heterocycles. The van der Waals surface area contributed by atoms with Gasteiger partial charge in [-0.3, -0.25) is 5.32 Å². The number of hydrogen-bond donors (Lipinski definition) is 9. The molecule has 9 rings (SSSR count). The molecule has 1 aliphatic carbocycles. The number of aromatic amines is 2. The van der Waals surface area contributed by atoms with Crippen LogP contribution in [0, 0.1) is 11.8 Å². The molecule has 52 heavy (non-hydrogen) atoms. The molecule has 0 radical (unpaired) electrons. The lowest BCUT2D eigenvalue weighted by Crippen LogP contribution is -2.47. The molecule has 3 aromatic carbocycles. The fraction of sp³-hybridized carbons (Fsp3) is 0.139. The van der Waals surface area contributed by atoms with Gasteiger partial charge in [0.2, 0.25) is 0 Å². The number of aromatic nitrogens is 2. The lowest BCUT2D eigenvalue weighted by molar-refractivity contribution is -0.132. The van der Waals surface area contributed by atoms with Crippen molar-refractivity contribution in [2.75, 3.05) is 5.32 Å². The van der Waals surface area contributed by atoms with Crippen LogP contribution in [0.2, 0.25) is 0 Å². The molecule has 5 atom stereocenters. The summed E-state index contributed by atoms with van der Waals surface area (Å²) in [6.45, 7) is 0. The molecular formula is C36H26N8O8. The molecule has 16 nitrogen and oxygen atoms in total. The Morgan fingerprint density at radius 2 is 1.31 bits per heavy atom. The van der Waals surface area contributed by atoms with Gasteiger partial charge < -0.3 is 41.0 Å². The van der Waals surface area contributed by atoms with Gasteiger partial charge >= 0.3 is 23.9 Å². The highest BCUT2D eigenvalue weighted by Crippen LogP contribution is 2.39. The van der Waals surface area contributed by atoms with Crippen molar-refractivity contribution in [3.63, 3.8) is 0 Å². The van der Waals surface area contributed by atoms with Crippen LogP contribution in [0.1, 0.15) is 48.4 Å². The highest BCUT2D eigenvalue weighted by atomic mass is 16.4. The van der Waals surface area contributed by atoms with Crippen LogP contribution in [0.3, 0.4) is 0 Å². The highest BCUT2D eigenvalue weighted by Gasteiger charge is 2.44. The summed E-state index contributed by atoms with van der Waals surface area (Å²) in [7, 11) is 0. The second-order valence-corrected chi connectivity index (χ2v) is 12.9. The third kappa shape index (κ3) is 4.84. The smallest absolute Gasteiger partial charge is 0.335 e. The number of nitrogens with zero attached hydrogens (tertiary/aromatic N) is 3. The molecule has 0 amide bonds. The lowest BCUT2D eigenvalue weighted by Gasteiger charge is -2.24. The van der Waals surface area contributed by atoms with E-state index in [1.165, 1.54) is 36.4 Å². The molecule has 2 aromatic heterocycles. The van der Waals surface area contributed by atoms with Gasteiger partial charge in [0.05, 0.1) is 34.6 Å². The standard InChI is InChI=1S/C36H26N8O8/c45-33(46)13-1-5-17-21(9-13)29-37-25(17)41-30-22-10-14(34(47)48)2-6-18(22)27(38-30)43-32-24-12-16(36(51)52)4-8-20(24)28(40-32)44-31-23-11-15(35(49)50)3-7-19(23)26(39-31)42-29/h1-12,17,21,25,29,31,37-38,41H,(H,39,42)(H,45,46)(H,47,48)(H,49,50)(H,51,52)(H,40,43,44). The average molecular weight is 699 g/mol. The predicted octanol–water partition coefficient (Wildman–Crippen LogP) is 2.86. The summed E-state index contributed by atoms with van der Waals surface area (Å²) in [4.78, 5) is 69.3. The minimum Gasteiger partial charge on any atom is -0.478 e. The number of aliphatic imine (C=N–C) groups is 1. The Morgan fingerprint density at radius 3 is 2.04 bits per heavy atom. The zero-order valence-electron chi connectivity index (χ0n) is 26.6. The average Bonchev–Trinajstić information content (AvgIpc) is 3.85. The van der Waals surface area contributed by atoms with Gasteiger partial charge in [0.15, 0.2) is 6.17 Å². The Hall–Kier alpha value is -7.07. The van der Waals surface area contributed by atoms with Crippen molar-refractivity contribution in [2.45, 2.75) is 18.5 Å². The number of rotatable bonds is 4. The minimum atomic E-state index is -1.14. The van der Waals surface area contributed by atoms with Crippen LogP contribution in [-0.2, 0) is 4.79 Å². The Morgan fingerprint density at radius 1 is 0.635 bits per heavy atom. The number of H-pyrrole nitrogens is 2. The van der Waals surface area contributed by atoms with Crippen molar-refractivity contribution in [3.05, 3.63) is 117 Å². The highest BCUT2D eigenvalue weighted by molar-refractivity contribution is 6.05. The summed E-state index contributed by atoms with van der Waals surface area (Å²) in [6.07, 6.45) is 3.01. The zero-order chi connectivity index (χ0) is 36.0. The summed E-state index contributed by atoms with van der Waals surface area (Å²) in [5.41, 5.74) is 1.91. The normalized spacial score (nSPS) is 22.6. The van der Waals surface area contributed by atoms with Crippen LogP contribution < -0.4 is 26.9 Å². The fourth-order valence-corrected chi connectivity index (χ4v) is 7.40. The van der Waals surface area contributed by atoms with E-state index in [1.807, 2.05) is 6.08 Å². The molecule has 3 aliphatic heterocycles. The minimum absolute atomic E-state index is 0.0179. The number of benzene rings is 3. The van der Waals surface area contributed by atoms with Crippen molar-refractivity contribution in [3.8, 4) is 0 Å². The number of aliphatic carboxylic acids is 1. The molecule has 0 saturated carbocycles. The van der Waals surface area contributed by atoms with Gasteiger partial charge in [0.1, 0.15) is 28.4 Å². The molecule has 16 heteroatoms. The quantitative estimate of drug-likeness (QED) is 0.132. The topological polar surface area (TPSA) is 254 Å². The summed E-state index contributed by atoms with van der Waals surface area (Å²) in [5.74, 6) is -3.98. The largest absolute Gasteiger partial charge is 0.478 e. The number of carboxylic acid groups (broad SMARTS) is 4. The third-order valence-electron chi connectivity index (χ3n) is 9.89. The van der Waals surface area contributed by atoms with E-state index >= 15 is 0 Å². The van der Waals surface area contributed by atoms with E-state index in [0.717, 1.165) is 0 Å². The van der Waals surface area contributed by atoms with Crippen LogP contribution in [0.5, 0.6) is 0 Å².